The first-order valence-corrected chi connectivity index (χ1v) is 8.42. The molecule has 4 nitrogen and oxygen atoms in total. The van der Waals surface area contributed by atoms with E-state index in [-0.39, 0.29) is 5.91 Å². The van der Waals surface area contributed by atoms with Gasteiger partial charge in [0.05, 0.1) is 6.54 Å². The Kier molecular flexibility index (Phi) is 4.76. The summed E-state index contributed by atoms with van der Waals surface area (Å²) in [5, 5.41) is 4.38. The summed E-state index contributed by atoms with van der Waals surface area (Å²) in [7, 11) is 0. The average Bonchev–Trinajstić information content (AvgIpc) is 2.54. The maximum absolute atomic E-state index is 12.2. The van der Waals surface area contributed by atoms with E-state index < -0.39 is 0 Å². The summed E-state index contributed by atoms with van der Waals surface area (Å²) in [6.07, 6.45) is 6.89. The van der Waals surface area contributed by atoms with Crippen molar-refractivity contribution >= 4 is 17.3 Å². The van der Waals surface area contributed by atoms with E-state index in [4.69, 9.17) is 0 Å². The van der Waals surface area contributed by atoms with Gasteiger partial charge in [-0.2, -0.15) is 5.10 Å². The molecule has 1 saturated carbocycles. The minimum atomic E-state index is -0.0121. The maximum Gasteiger partial charge on any atom is 0.259 e. The second-order valence-electron chi connectivity index (χ2n) is 6.44. The zero-order valence-electron chi connectivity index (χ0n) is 13.3. The van der Waals surface area contributed by atoms with Gasteiger partial charge in [0, 0.05) is 17.9 Å². The van der Waals surface area contributed by atoms with Crippen molar-refractivity contribution in [2.24, 2.45) is 11.0 Å². The zero-order valence-corrected chi connectivity index (χ0v) is 13.3. The van der Waals surface area contributed by atoms with Crippen LogP contribution >= 0.6 is 0 Å². The number of hydrogen-bond acceptors (Lipinski definition) is 3. The lowest BCUT2D eigenvalue weighted by molar-refractivity contribution is -0.119. The highest BCUT2D eigenvalue weighted by Gasteiger charge is 2.19. The molecule has 0 aromatic heterocycles. The van der Waals surface area contributed by atoms with E-state index in [0.717, 1.165) is 31.5 Å². The summed E-state index contributed by atoms with van der Waals surface area (Å²) in [5.74, 6) is 0.492. The van der Waals surface area contributed by atoms with Crippen LogP contribution < -0.4 is 10.3 Å². The van der Waals surface area contributed by atoms with Crippen molar-refractivity contribution in [2.45, 2.75) is 45.4 Å². The molecule has 0 unspecified atom stereocenters. The zero-order chi connectivity index (χ0) is 15.4. The molecule has 1 aliphatic heterocycles. The number of rotatable bonds is 3. The van der Waals surface area contributed by atoms with Crippen molar-refractivity contribution in [1.82, 2.24) is 5.43 Å². The number of benzene rings is 1. The molecule has 1 aromatic rings. The number of carbonyl (C=O) groups excluding carboxylic acids is 1. The molecule has 4 heteroatoms. The molecule has 1 atom stereocenters. The van der Waals surface area contributed by atoms with Crippen molar-refractivity contribution in [2.75, 3.05) is 18.0 Å². The van der Waals surface area contributed by atoms with Crippen LogP contribution in [-0.2, 0) is 11.2 Å². The molecule has 1 fully saturated rings. The van der Waals surface area contributed by atoms with Crippen LogP contribution in [0.25, 0.3) is 0 Å². The van der Waals surface area contributed by atoms with Crippen molar-refractivity contribution in [1.29, 1.82) is 0 Å². The average molecular weight is 299 g/mol. The SMILES string of the molecule is C[C@@H]1CCCC/C1=N/NC(=O)CN1CCCc2ccccc21. The van der Waals surface area contributed by atoms with Crippen LogP contribution in [0.5, 0.6) is 0 Å². The number of hydrogen-bond donors (Lipinski definition) is 1. The van der Waals surface area contributed by atoms with Crippen LogP contribution in [0.4, 0.5) is 5.69 Å². The molecular weight excluding hydrogens is 274 g/mol. The Labute approximate surface area is 132 Å². The number of anilines is 1. The molecule has 3 rings (SSSR count). The van der Waals surface area contributed by atoms with E-state index in [0.29, 0.717) is 12.5 Å². The van der Waals surface area contributed by atoms with E-state index in [1.165, 1.54) is 30.5 Å². The Balaban J connectivity index is 1.60. The summed E-state index contributed by atoms with van der Waals surface area (Å²) in [6, 6.07) is 8.37. The van der Waals surface area contributed by atoms with Gasteiger partial charge in [-0.05, 0) is 49.7 Å². The number of nitrogens with zero attached hydrogens (tertiary/aromatic N) is 2. The fourth-order valence-electron chi connectivity index (χ4n) is 3.45. The topological polar surface area (TPSA) is 44.7 Å². The molecule has 1 aliphatic carbocycles. The Morgan fingerprint density at radius 2 is 2.14 bits per heavy atom. The summed E-state index contributed by atoms with van der Waals surface area (Å²) in [6.45, 7) is 3.53. The van der Waals surface area contributed by atoms with E-state index in [1.807, 2.05) is 6.07 Å². The van der Waals surface area contributed by atoms with Crippen LogP contribution in [0.1, 0.15) is 44.6 Å². The summed E-state index contributed by atoms with van der Waals surface area (Å²) in [4.78, 5) is 14.4. The van der Waals surface area contributed by atoms with Crippen LogP contribution in [0.2, 0.25) is 0 Å². The number of hydrazone groups is 1. The summed E-state index contributed by atoms with van der Waals surface area (Å²) >= 11 is 0. The Bertz CT molecular complexity index is 567. The minimum Gasteiger partial charge on any atom is -0.362 e. The molecule has 118 valence electrons. The van der Waals surface area contributed by atoms with Crippen molar-refractivity contribution in [3.8, 4) is 0 Å². The number of amides is 1. The van der Waals surface area contributed by atoms with Crippen molar-refractivity contribution < 1.29 is 4.79 Å². The molecule has 1 N–H and O–H groups in total. The predicted octanol–water partition coefficient (Wildman–Crippen LogP) is 3.12. The second-order valence-corrected chi connectivity index (χ2v) is 6.44. The number of fused-ring (bicyclic) bond motifs is 1. The van der Waals surface area contributed by atoms with Crippen LogP contribution in [-0.4, -0.2) is 24.7 Å². The largest absolute Gasteiger partial charge is 0.362 e. The number of nitrogens with one attached hydrogen (secondary N) is 1. The van der Waals surface area contributed by atoms with Gasteiger partial charge in [0.15, 0.2) is 0 Å². The summed E-state index contributed by atoms with van der Waals surface area (Å²) in [5.41, 5.74) is 6.46. The first kappa shape index (κ1) is 15.1. The van der Waals surface area contributed by atoms with Gasteiger partial charge in [0.2, 0.25) is 0 Å². The highest BCUT2D eigenvalue weighted by Crippen LogP contribution is 2.26. The van der Waals surface area contributed by atoms with Gasteiger partial charge < -0.3 is 4.90 Å². The third-order valence-electron chi connectivity index (χ3n) is 4.75. The third kappa shape index (κ3) is 3.49. The predicted molar refractivity (Wildman–Crippen MR) is 90.2 cm³/mol. The molecule has 22 heavy (non-hydrogen) atoms. The fraction of sp³-hybridized carbons (Fsp3) is 0.556. The third-order valence-corrected chi connectivity index (χ3v) is 4.75. The standard InChI is InChI=1S/C18H25N3O/c1-14-7-2-4-10-16(14)19-20-18(22)13-21-12-6-9-15-8-3-5-11-17(15)21/h3,5,8,11,14H,2,4,6-7,9-10,12-13H2,1H3,(H,20,22)/b19-16-/t14-/m1/s1. The monoisotopic (exact) mass is 299 g/mol. The quantitative estimate of drug-likeness (QED) is 0.872. The van der Waals surface area contributed by atoms with Gasteiger partial charge in [-0.1, -0.05) is 31.5 Å². The smallest absolute Gasteiger partial charge is 0.259 e. The van der Waals surface area contributed by atoms with Gasteiger partial charge in [0.25, 0.3) is 5.91 Å². The molecule has 0 saturated heterocycles. The van der Waals surface area contributed by atoms with Crippen molar-refractivity contribution in [3.63, 3.8) is 0 Å². The minimum absolute atomic E-state index is 0.0121. The molecule has 0 bridgehead atoms. The molecule has 1 amide bonds. The first-order valence-electron chi connectivity index (χ1n) is 8.42. The van der Waals surface area contributed by atoms with Crippen molar-refractivity contribution in [3.05, 3.63) is 29.8 Å². The lowest BCUT2D eigenvalue weighted by atomic mass is 9.89. The molecule has 0 spiro atoms. The number of carbonyl (C=O) groups is 1. The van der Waals surface area contributed by atoms with Crippen LogP contribution in [0, 0.1) is 5.92 Å². The summed E-state index contributed by atoms with van der Waals surface area (Å²) < 4.78 is 0. The van der Waals surface area contributed by atoms with Crippen LogP contribution in [0.3, 0.4) is 0 Å². The number of aryl methyl sites for hydroxylation is 1. The second kappa shape index (κ2) is 6.95. The van der Waals surface area contributed by atoms with E-state index in [2.05, 4.69) is 40.5 Å². The van der Waals surface area contributed by atoms with E-state index in [9.17, 15) is 4.79 Å². The van der Waals surface area contributed by atoms with Gasteiger partial charge in [0.1, 0.15) is 0 Å². The lowest BCUT2D eigenvalue weighted by Crippen LogP contribution is -2.38. The van der Waals surface area contributed by atoms with E-state index >= 15 is 0 Å². The lowest BCUT2D eigenvalue weighted by Gasteiger charge is -2.30. The normalized spacial score (nSPS) is 23.2. The van der Waals surface area contributed by atoms with Gasteiger partial charge >= 0.3 is 0 Å². The number of para-hydroxylation sites is 1. The Hall–Kier alpha value is -1.84. The molecule has 0 radical (unpaired) electrons. The molecule has 1 heterocycles. The fourth-order valence-corrected chi connectivity index (χ4v) is 3.45. The first-order chi connectivity index (χ1) is 10.7. The maximum atomic E-state index is 12.2. The molecule has 2 aliphatic rings. The van der Waals surface area contributed by atoms with E-state index in [1.54, 1.807) is 0 Å². The van der Waals surface area contributed by atoms with Gasteiger partial charge in [-0.3, -0.25) is 4.79 Å². The Morgan fingerprint density at radius 1 is 1.27 bits per heavy atom. The van der Waals surface area contributed by atoms with Crippen LogP contribution in [0.15, 0.2) is 29.4 Å². The highest BCUT2D eigenvalue weighted by molar-refractivity contribution is 5.89. The van der Waals surface area contributed by atoms with Gasteiger partial charge in [-0.15, -0.1) is 0 Å². The van der Waals surface area contributed by atoms with Gasteiger partial charge in [-0.25, -0.2) is 5.43 Å². The molecular formula is C18H25N3O. The highest BCUT2D eigenvalue weighted by atomic mass is 16.2. The molecule has 1 aromatic carbocycles. The Morgan fingerprint density at radius 3 is 3.00 bits per heavy atom.